The van der Waals surface area contributed by atoms with Gasteiger partial charge in [0.1, 0.15) is 5.76 Å². The molecule has 26 heavy (non-hydrogen) atoms. The van der Waals surface area contributed by atoms with Crippen molar-refractivity contribution in [1.82, 2.24) is 0 Å². The third kappa shape index (κ3) is 7.85. The first kappa shape index (κ1) is 22.6. The molecule has 0 saturated heterocycles. The van der Waals surface area contributed by atoms with Crippen LogP contribution in [0.5, 0.6) is 0 Å². The Kier molecular flexibility index (Phi) is 8.74. The lowest BCUT2D eigenvalue weighted by Gasteiger charge is -2.03. The van der Waals surface area contributed by atoms with Crippen LogP contribution in [0.25, 0.3) is 5.76 Å². The summed E-state index contributed by atoms with van der Waals surface area (Å²) >= 11 is 4.22. The molecule has 0 aliphatic rings. The van der Waals surface area contributed by atoms with Crippen LogP contribution in [0.4, 0.5) is 13.2 Å². The lowest BCUT2D eigenvalue weighted by molar-refractivity contribution is -0.165. The zero-order chi connectivity index (χ0) is 19.9. The standard InChI is InChI=1S/C10H6F3IO2.C8H7IO/c11-10(12,13)9(16)5-8(15)6-1-3-7(14)4-2-6;1-6(10)7-2-4-8(9)5-3-7/h1-5,15H;2-5H,1H3. The van der Waals surface area contributed by atoms with Crippen LogP contribution in [0.3, 0.4) is 0 Å². The average Bonchev–Trinajstić information content (AvgIpc) is 2.55. The number of hydrogen-bond acceptors (Lipinski definition) is 3. The van der Waals surface area contributed by atoms with Crippen molar-refractivity contribution in [2.45, 2.75) is 13.1 Å². The number of aliphatic hydroxyl groups excluding tert-OH is 1. The van der Waals surface area contributed by atoms with Gasteiger partial charge in [-0.15, -0.1) is 0 Å². The number of Topliss-reactive ketones (excluding diaryl/α,β-unsaturated/α-hetero) is 1. The number of carbonyl (C=O) groups is 2. The van der Waals surface area contributed by atoms with Gasteiger partial charge < -0.3 is 5.11 Å². The summed E-state index contributed by atoms with van der Waals surface area (Å²) in [7, 11) is 0. The summed E-state index contributed by atoms with van der Waals surface area (Å²) in [5.74, 6) is -2.65. The predicted molar refractivity (Wildman–Crippen MR) is 110 cm³/mol. The van der Waals surface area contributed by atoms with E-state index < -0.39 is 17.7 Å². The van der Waals surface area contributed by atoms with Gasteiger partial charge in [-0.2, -0.15) is 13.2 Å². The Morgan fingerprint density at radius 3 is 1.62 bits per heavy atom. The summed E-state index contributed by atoms with van der Waals surface area (Å²) < 4.78 is 37.7. The highest BCUT2D eigenvalue weighted by molar-refractivity contribution is 14.1. The van der Waals surface area contributed by atoms with E-state index in [4.69, 9.17) is 0 Å². The maximum atomic E-state index is 11.9. The minimum atomic E-state index is -4.96. The summed E-state index contributed by atoms with van der Waals surface area (Å²) in [6, 6.07) is 13.6. The first-order chi connectivity index (χ1) is 12.0. The van der Waals surface area contributed by atoms with E-state index in [-0.39, 0.29) is 17.4 Å². The Morgan fingerprint density at radius 1 is 0.885 bits per heavy atom. The zero-order valence-corrected chi connectivity index (χ0v) is 17.7. The molecule has 0 aromatic heterocycles. The second-order valence-corrected chi connectivity index (χ2v) is 7.45. The normalized spacial score (nSPS) is 11.4. The van der Waals surface area contributed by atoms with Crippen LogP contribution < -0.4 is 0 Å². The van der Waals surface area contributed by atoms with Crippen molar-refractivity contribution < 1.29 is 27.9 Å². The summed E-state index contributed by atoms with van der Waals surface area (Å²) in [5, 5.41) is 9.28. The average molecular weight is 588 g/mol. The van der Waals surface area contributed by atoms with E-state index in [0.29, 0.717) is 0 Å². The third-order valence-corrected chi connectivity index (χ3v) is 4.38. The van der Waals surface area contributed by atoms with Crippen LogP contribution in [0, 0.1) is 7.14 Å². The monoisotopic (exact) mass is 588 g/mol. The summed E-state index contributed by atoms with van der Waals surface area (Å²) in [6.45, 7) is 1.57. The first-order valence-corrected chi connectivity index (χ1v) is 9.20. The molecule has 8 heteroatoms. The highest BCUT2D eigenvalue weighted by Crippen LogP contribution is 2.20. The molecule has 0 aliphatic heterocycles. The van der Waals surface area contributed by atoms with Crippen LogP contribution in [0.15, 0.2) is 54.6 Å². The van der Waals surface area contributed by atoms with Crippen LogP contribution in [0.1, 0.15) is 22.8 Å². The molecule has 1 N–H and O–H groups in total. The minimum Gasteiger partial charge on any atom is -0.507 e. The van der Waals surface area contributed by atoms with Crippen LogP contribution >= 0.6 is 45.2 Å². The van der Waals surface area contributed by atoms with Gasteiger partial charge in [0.25, 0.3) is 5.78 Å². The molecular weight excluding hydrogens is 575 g/mol. The number of aliphatic hydroxyl groups is 1. The van der Waals surface area contributed by atoms with Crippen molar-refractivity contribution in [3.63, 3.8) is 0 Å². The smallest absolute Gasteiger partial charge is 0.454 e. The van der Waals surface area contributed by atoms with Crippen molar-refractivity contribution in [3.8, 4) is 0 Å². The maximum absolute atomic E-state index is 11.9. The second-order valence-electron chi connectivity index (χ2n) is 4.96. The van der Waals surface area contributed by atoms with Gasteiger partial charge in [0.2, 0.25) is 0 Å². The molecule has 0 saturated carbocycles. The van der Waals surface area contributed by atoms with Gasteiger partial charge in [-0.05, 0) is 76.4 Å². The van der Waals surface area contributed by atoms with Crippen molar-refractivity contribution in [2.24, 2.45) is 0 Å². The molecule has 0 bridgehead atoms. The Hall–Kier alpha value is -1.43. The molecular formula is C18H13F3I2O3. The lowest BCUT2D eigenvalue weighted by atomic mass is 10.1. The number of benzene rings is 2. The molecule has 138 valence electrons. The molecule has 3 nitrogen and oxygen atoms in total. The highest BCUT2D eigenvalue weighted by Gasteiger charge is 2.36. The van der Waals surface area contributed by atoms with Crippen molar-refractivity contribution in [1.29, 1.82) is 0 Å². The zero-order valence-electron chi connectivity index (χ0n) is 13.3. The molecule has 2 aromatic carbocycles. The number of rotatable bonds is 3. The van der Waals surface area contributed by atoms with Gasteiger partial charge in [-0.25, -0.2) is 0 Å². The molecule has 0 amide bonds. The van der Waals surface area contributed by atoms with Gasteiger partial charge in [0, 0.05) is 24.3 Å². The summed E-state index contributed by atoms with van der Waals surface area (Å²) in [6.07, 6.45) is -4.79. The van der Waals surface area contributed by atoms with Gasteiger partial charge >= 0.3 is 6.18 Å². The lowest BCUT2D eigenvalue weighted by Crippen LogP contribution is -2.20. The van der Waals surface area contributed by atoms with Crippen LogP contribution in [-0.4, -0.2) is 22.8 Å². The Labute approximate surface area is 175 Å². The fourth-order valence-corrected chi connectivity index (χ4v) is 2.31. The van der Waals surface area contributed by atoms with E-state index >= 15 is 0 Å². The molecule has 0 fully saturated rings. The van der Waals surface area contributed by atoms with E-state index in [9.17, 15) is 27.9 Å². The second kappa shape index (κ2) is 10.0. The summed E-state index contributed by atoms with van der Waals surface area (Å²) in [4.78, 5) is 21.3. The largest absolute Gasteiger partial charge is 0.507 e. The van der Waals surface area contributed by atoms with Gasteiger partial charge in [0.15, 0.2) is 5.78 Å². The number of halogens is 5. The van der Waals surface area contributed by atoms with Crippen LogP contribution in [0.2, 0.25) is 0 Å². The Bertz CT molecular complexity index is 796. The van der Waals surface area contributed by atoms with Crippen molar-refractivity contribution in [3.05, 3.63) is 72.9 Å². The minimum absolute atomic E-state index is 0.122. The Balaban J connectivity index is 0.000000289. The molecule has 0 unspecified atom stereocenters. The Morgan fingerprint density at radius 2 is 1.27 bits per heavy atom. The first-order valence-electron chi connectivity index (χ1n) is 7.05. The van der Waals surface area contributed by atoms with Gasteiger partial charge in [-0.3, -0.25) is 9.59 Å². The number of carbonyl (C=O) groups excluding carboxylic acids is 2. The van der Waals surface area contributed by atoms with Gasteiger partial charge in [-0.1, -0.05) is 24.3 Å². The number of hydrogen-bond donors (Lipinski definition) is 1. The quantitative estimate of drug-likeness (QED) is 0.213. The van der Waals surface area contributed by atoms with E-state index in [1.807, 2.05) is 46.9 Å². The van der Waals surface area contributed by atoms with Crippen molar-refractivity contribution in [2.75, 3.05) is 0 Å². The maximum Gasteiger partial charge on any atom is 0.454 e. The SMILES string of the molecule is CC(=O)c1ccc(I)cc1.O=C(C=C(O)c1ccc(I)cc1)C(F)(F)F. The fraction of sp³-hybridized carbons (Fsp3) is 0.111. The molecule has 0 aliphatic carbocycles. The number of alkyl halides is 3. The predicted octanol–water partition coefficient (Wildman–Crippen LogP) is 5.82. The molecule has 2 rings (SSSR count). The molecule has 0 radical (unpaired) electrons. The van der Waals surface area contributed by atoms with Crippen molar-refractivity contribution >= 4 is 62.5 Å². The van der Waals surface area contributed by atoms with E-state index in [1.54, 1.807) is 19.1 Å². The number of allylic oxidation sites excluding steroid dienone is 1. The third-order valence-electron chi connectivity index (χ3n) is 2.94. The molecule has 2 aromatic rings. The molecule has 0 spiro atoms. The topological polar surface area (TPSA) is 54.4 Å². The highest BCUT2D eigenvalue weighted by atomic mass is 127. The van der Waals surface area contributed by atoms with E-state index in [2.05, 4.69) is 22.6 Å². The fourth-order valence-electron chi connectivity index (χ4n) is 1.59. The summed E-state index contributed by atoms with van der Waals surface area (Å²) in [5.41, 5.74) is 0.943. The van der Waals surface area contributed by atoms with E-state index in [0.717, 1.165) is 12.7 Å². The van der Waals surface area contributed by atoms with E-state index in [1.165, 1.54) is 12.1 Å². The molecule has 0 atom stereocenters. The number of ketones is 2. The molecule has 0 heterocycles. The van der Waals surface area contributed by atoms with Gasteiger partial charge in [0.05, 0.1) is 0 Å². The van der Waals surface area contributed by atoms with Crippen LogP contribution in [-0.2, 0) is 4.79 Å².